The maximum atomic E-state index is 12.5. The molecule has 0 amide bonds. The maximum Gasteiger partial charge on any atom is 0.246 e. The van der Waals surface area contributed by atoms with E-state index in [1.807, 2.05) is 6.92 Å². The summed E-state index contributed by atoms with van der Waals surface area (Å²) in [6, 6.07) is -0.366. The third-order valence-corrected chi connectivity index (χ3v) is 6.93. The highest BCUT2D eigenvalue weighted by atomic mass is 32.2. The average Bonchev–Trinajstić information content (AvgIpc) is 3.02. The summed E-state index contributed by atoms with van der Waals surface area (Å²) in [5.41, 5.74) is 1.50. The van der Waals surface area contributed by atoms with E-state index in [1.165, 1.54) is 11.3 Å². The number of sulfonamides is 1. The second-order valence-electron chi connectivity index (χ2n) is 5.63. The molecule has 6 nitrogen and oxygen atoms in total. The van der Waals surface area contributed by atoms with Crippen molar-refractivity contribution >= 4 is 21.4 Å². The van der Waals surface area contributed by atoms with Crippen LogP contribution in [0.1, 0.15) is 52.8 Å². The van der Waals surface area contributed by atoms with E-state index in [0.717, 1.165) is 30.0 Å². The lowest BCUT2D eigenvalue weighted by Crippen LogP contribution is -2.27. The van der Waals surface area contributed by atoms with Crippen molar-refractivity contribution in [2.45, 2.75) is 57.4 Å². The van der Waals surface area contributed by atoms with Gasteiger partial charge in [0.15, 0.2) is 5.76 Å². The lowest BCUT2D eigenvalue weighted by Gasteiger charge is -2.11. The zero-order chi connectivity index (χ0) is 15.9. The second-order valence-corrected chi connectivity index (χ2v) is 8.39. The van der Waals surface area contributed by atoms with Crippen LogP contribution in [0.25, 0.3) is 0 Å². The third kappa shape index (κ3) is 2.82. The number of rotatable bonds is 4. The molecule has 0 saturated heterocycles. The van der Waals surface area contributed by atoms with Crippen LogP contribution in [0.2, 0.25) is 0 Å². The third-order valence-electron chi connectivity index (χ3n) is 3.80. The predicted molar refractivity (Wildman–Crippen MR) is 83.5 cm³/mol. The molecule has 0 unspecified atom stereocenters. The Labute approximate surface area is 134 Å². The first-order valence-electron chi connectivity index (χ1n) is 7.32. The minimum Gasteiger partial charge on any atom is -0.360 e. The topological polar surface area (TPSA) is 85.1 Å². The van der Waals surface area contributed by atoms with E-state index in [2.05, 4.69) is 14.9 Å². The zero-order valence-corrected chi connectivity index (χ0v) is 14.5. The molecule has 1 aliphatic rings. The molecule has 3 rings (SSSR count). The quantitative estimate of drug-likeness (QED) is 0.924. The minimum atomic E-state index is -3.67. The van der Waals surface area contributed by atoms with Crippen LogP contribution < -0.4 is 4.72 Å². The maximum absolute atomic E-state index is 12.5. The number of aromatic nitrogens is 2. The predicted octanol–water partition coefficient (Wildman–Crippen LogP) is 2.67. The van der Waals surface area contributed by atoms with Crippen molar-refractivity contribution in [2.75, 3.05) is 0 Å². The van der Waals surface area contributed by atoms with E-state index in [9.17, 15) is 8.42 Å². The molecule has 1 atom stereocenters. The van der Waals surface area contributed by atoms with Crippen molar-refractivity contribution in [3.05, 3.63) is 27.0 Å². The molecule has 22 heavy (non-hydrogen) atoms. The summed E-state index contributed by atoms with van der Waals surface area (Å²) in [6.45, 7) is 5.04. The summed E-state index contributed by atoms with van der Waals surface area (Å²) in [5.74, 6) is 0.302. The van der Waals surface area contributed by atoms with Crippen LogP contribution in [0.5, 0.6) is 0 Å². The van der Waals surface area contributed by atoms with Gasteiger partial charge in [-0.1, -0.05) is 5.16 Å². The van der Waals surface area contributed by atoms with E-state index < -0.39 is 10.0 Å². The first-order valence-corrected chi connectivity index (χ1v) is 9.62. The first kappa shape index (κ1) is 15.6. The molecule has 2 aromatic rings. The van der Waals surface area contributed by atoms with Crippen molar-refractivity contribution in [1.29, 1.82) is 0 Å². The van der Waals surface area contributed by atoms with Gasteiger partial charge in [-0.15, -0.1) is 11.3 Å². The first-order chi connectivity index (χ1) is 10.4. The van der Waals surface area contributed by atoms with Crippen LogP contribution in [0, 0.1) is 13.8 Å². The van der Waals surface area contributed by atoms with Gasteiger partial charge in [0.1, 0.15) is 15.6 Å². The molecule has 2 aromatic heterocycles. The Hall–Kier alpha value is -1.25. The molecule has 1 aliphatic carbocycles. The number of thiazole rings is 1. The Morgan fingerprint density at radius 2 is 2.00 bits per heavy atom. The Bertz CT molecular complexity index is 749. The van der Waals surface area contributed by atoms with E-state index in [4.69, 9.17) is 4.52 Å². The molecule has 0 aromatic carbocycles. The number of aryl methyl sites for hydroxylation is 4. The molecule has 2 heterocycles. The number of hydrogen-bond donors (Lipinski definition) is 1. The summed E-state index contributed by atoms with van der Waals surface area (Å²) >= 11 is 1.61. The molecule has 0 aliphatic heterocycles. The molecule has 0 spiro atoms. The number of hydrogen-bond acceptors (Lipinski definition) is 6. The fourth-order valence-corrected chi connectivity index (χ4v) is 5.52. The van der Waals surface area contributed by atoms with Crippen molar-refractivity contribution in [1.82, 2.24) is 14.9 Å². The highest BCUT2D eigenvalue weighted by Crippen LogP contribution is 2.30. The standard InChI is InChI=1S/C14H19N3O3S2/c1-8-13(10(3)20-16-8)22(18,19)17-9(2)14-15-11-6-4-5-7-12(11)21-14/h9,17H,4-7H2,1-3H3/t9-/m0/s1. The van der Waals surface area contributed by atoms with Crippen LogP contribution in [0.3, 0.4) is 0 Å². The van der Waals surface area contributed by atoms with Gasteiger partial charge in [0.25, 0.3) is 0 Å². The minimum absolute atomic E-state index is 0.126. The number of nitrogens with one attached hydrogen (secondary N) is 1. The summed E-state index contributed by atoms with van der Waals surface area (Å²) in [6.07, 6.45) is 4.40. The van der Waals surface area contributed by atoms with E-state index in [1.54, 1.807) is 25.2 Å². The van der Waals surface area contributed by atoms with Crippen LogP contribution in [-0.2, 0) is 22.9 Å². The molecule has 120 valence electrons. The number of fused-ring (bicyclic) bond motifs is 1. The average molecular weight is 341 g/mol. The van der Waals surface area contributed by atoms with Gasteiger partial charge in [0.05, 0.1) is 11.7 Å². The van der Waals surface area contributed by atoms with E-state index in [-0.39, 0.29) is 10.9 Å². The highest BCUT2D eigenvalue weighted by molar-refractivity contribution is 7.89. The van der Waals surface area contributed by atoms with Gasteiger partial charge in [-0.05, 0) is 46.5 Å². The van der Waals surface area contributed by atoms with Gasteiger partial charge in [-0.2, -0.15) is 0 Å². The van der Waals surface area contributed by atoms with E-state index in [0.29, 0.717) is 11.5 Å². The van der Waals surface area contributed by atoms with E-state index >= 15 is 0 Å². The normalized spacial score (nSPS) is 16.5. The molecule has 1 N–H and O–H groups in total. The van der Waals surface area contributed by atoms with Gasteiger partial charge in [0.2, 0.25) is 10.0 Å². The smallest absolute Gasteiger partial charge is 0.246 e. The zero-order valence-electron chi connectivity index (χ0n) is 12.8. The largest absolute Gasteiger partial charge is 0.360 e. The summed E-state index contributed by atoms with van der Waals surface area (Å²) in [4.78, 5) is 6.04. The van der Waals surface area contributed by atoms with Crippen molar-refractivity contribution in [3.63, 3.8) is 0 Å². The monoisotopic (exact) mass is 341 g/mol. The van der Waals surface area contributed by atoms with Gasteiger partial charge in [0, 0.05) is 4.88 Å². The molecule has 0 saturated carbocycles. The molecule has 8 heteroatoms. The number of nitrogens with zero attached hydrogens (tertiary/aromatic N) is 2. The Balaban J connectivity index is 1.84. The van der Waals surface area contributed by atoms with Gasteiger partial charge in [-0.25, -0.2) is 18.1 Å². The molecular formula is C14H19N3O3S2. The van der Waals surface area contributed by atoms with Crippen LogP contribution in [0.15, 0.2) is 9.42 Å². The van der Waals surface area contributed by atoms with Crippen molar-refractivity contribution < 1.29 is 12.9 Å². The molecule has 0 bridgehead atoms. The lowest BCUT2D eigenvalue weighted by molar-refractivity contribution is 0.390. The van der Waals surface area contributed by atoms with Crippen molar-refractivity contribution in [3.8, 4) is 0 Å². The lowest BCUT2D eigenvalue weighted by atomic mass is 10.0. The fourth-order valence-electron chi connectivity index (χ4n) is 2.76. The second kappa shape index (κ2) is 5.75. The highest BCUT2D eigenvalue weighted by Gasteiger charge is 2.28. The Morgan fingerprint density at radius 1 is 1.27 bits per heavy atom. The summed E-state index contributed by atoms with van der Waals surface area (Å²) in [5, 5.41) is 4.53. The molecule has 0 fully saturated rings. The fraction of sp³-hybridized carbons (Fsp3) is 0.571. The van der Waals surface area contributed by atoms with Gasteiger partial charge in [-0.3, -0.25) is 0 Å². The van der Waals surface area contributed by atoms with Crippen LogP contribution in [0.4, 0.5) is 0 Å². The molecular weight excluding hydrogens is 322 g/mol. The summed E-state index contributed by atoms with van der Waals surface area (Å²) in [7, 11) is -3.67. The van der Waals surface area contributed by atoms with Crippen LogP contribution >= 0.6 is 11.3 Å². The van der Waals surface area contributed by atoms with Crippen LogP contribution in [-0.4, -0.2) is 18.6 Å². The molecule has 0 radical (unpaired) electrons. The Morgan fingerprint density at radius 3 is 2.64 bits per heavy atom. The Kier molecular flexibility index (Phi) is 4.09. The SMILES string of the molecule is Cc1noc(C)c1S(=O)(=O)N[C@@H](C)c1nc2c(s1)CCCC2. The van der Waals surface area contributed by atoms with Crippen molar-refractivity contribution in [2.24, 2.45) is 0 Å². The summed E-state index contributed by atoms with van der Waals surface area (Å²) < 4.78 is 32.7. The van der Waals surface area contributed by atoms with Gasteiger partial charge >= 0.3 is 0 Å². The van der Waals surface area contributed by atoms with Gasteiger partial charge < -0.3 is 4.52 Å².